The number of hydrogen-bond acceptors (Lipinski definition) is 4. The molecule has 2 N–H and O–H groups in total. The summed E-state index contributed by atoms with van der Waals surface area (Å²) < 4.78 is 21.3. The van der Waals surface area contributed by atoms with E-state index in [2.05, 4.69) is 16.1 Å². The Morgan fingerprint density at radius 1 is 0.935 bits per heavy atom. The van der Waals surface area contributed by atoms with Gasteiger partial charge in [0, 0.05) is 28.6 Å². The molecule has 2 aromatic heterocycles. The van der Waals surface area contributed by atoms with Crippen LogP contribution in [0.1, 0.15) is 18.6 Å². The number of pyridine rings is 1. The summed E-state index contributed by atoms with van der Waals surface area (Å²) in [5.74, 6) is 0.419. The Balaban J connectivity index is 1.47. The van der Waals surface area contributed by atoms with Gasteiger partial charge in [0.2, 0.25) is 0 Å². The fourth-order valence-corrected chi connectivity index (χ4v) is 3.74. The predicted molar refractivity (Wildman–Crippen MR) is 120 cm³/mol. The number of para-hydroxylation sites is 1. The van der Waals surface area contributed by atoms with Crippen LogP contribution in [0.25, 0.3) is 27.5 Å². The minimum Gasteiger partial charge on any atom is -0.484 e. The van der Waals surface area contributed by atoms with Gasteiger partial charge in [-0.2, -0.15) is 5.10 Å². The van der Waals surface area contributed by atoms with Crippen LogP contribution >= 0.6 is 0 Å². The van der Waals surface area contributed by atoms with Crippen LogP contribution < -0.4 is 10.5 Å². The van der Waals surface area contributed by atoms with Gasteiger partial charge in [-0.25, -0.2) is 9.07 Å². The van der Waals surface area contributed by atoms with Crippen LogP contribution in [-0.2, 0) is 0 Å². The molecule has 2 atom stereocenters. The Morgan fingerprint density at radius 3 is 2.55 bits per heavy atom. The summed E-state index contributed by atoms with van der Waals surface area (Å²) in [6.45, 7) is 1.92. The second-order valence-corrected chi connectivity index (χ2v) is 7.61. The third-order valence-corrected chi connectivity index (χ3v) is 5.29. The topological polar surface area (TPSA) is 66.0 Å². The zero-order valence-corrected chi connectivity index (χ0v) is 16.9. The molecule has 5 aromatic rings. The van der Waals surface area contributed by atoms with E-state index in [-0.39, 0.29) is 18.0 Å². The lowest BCUT2D eigenvalue weighted by Gasteiger charge is -2.23. The minimum atomic E-state index is -0.346. The van der Waals surface area contributed by atoms with Crippen LogP contribution in [0.4, 0.5) is 4.39 Å². The molecule has 3 aromatic carbocycles. The average molecular weight is 412 g/mol. The van der Waals surface area contributed by atoms with Gasteiger partial charge in [0.25, 0.3) is 0 Å². The summed E-state index contributed by atoms with van der Waals surface area (Å²) in [4.78, 5) is 4.54. The number of rotatable bonds is 5. The molecule has 5 nitrogen and oxygen atoms in total. The number of hydrogen-bond donors (Lipinski definition) is 1. The number of ether oxygens (including phenoxy) is 1. The smallest absolute Gasteiger partial charge is 0.140 e. The van der Waals surface area contributed by atoms with E-state index < -0.39 is 0 Å². The number of nitrogens with two attached hydrogens (primary N) is 1. The maximum Gasteiger partial charge on any atom is 0.140 e. The van der Waals surface area contributed by atoms with E-state index in [9.17, 15) is 4.39 Å². The summed E-state index contributed by atoms with van der Waals surface area (Å²) >= 11 is 0. The van der Waals surface area contributed by atoms with E-state index in [1.807, 2.05) is 55.6 Å². The van der Waals surface area contributed by atoms with Crippen molar-refractivity contribution in [1.29, 1.82) is 0 Å². The standard InChI is InChI=1S/C25H21FN4O/c1-16(27)25(19-12-17-4-2-3-5-23(17)28-14-19)31-22-10-11-24-18(13-22)15-29-30(24)21-8-6-20(26)7-9-21/h2-16,25H,27H2,1H3. The summed E-state index contributed by atoms with van der Waals surface area (Å²) in [7, 11) is 0. The second kappa shape index (κ2) is 7.81. The Hall–Kier alpha value is -3.77. The quantitative estimate of drug-likeness (QED) is 0.432. The van der Waals surface area contributed by atoms with Crippen molar-refractivity contribution in [3.63, 3.8) is 0 Å². The molecular formula is C25H21FN4O. The molecular weight excluding hydrogens is 391 g/mol. The van der Waals surface area contributed by atoms with Gasteiger partial charge in [0.1, 0.15) is 17.7 Å². The molecule has 0 fully saturated rings. The van der Waals surface area contributed by atoms with Gasteiger partial charge >= 0.3 is 0 Å². The van der Waals surface area contributed by atoms with Gasteiger partial charge < -0.3 is 10.5 Å². The predicted octanol–water partition coefficient (Wildman–Crippen LogP) is 5.18. The molecule has 0 aliphatic rings. The Kier molecular flexibility index (Phi) is 4.84. The molecule has 2 unspecified atom stereocenters. The first-order valence-corrected chi connectivity index (χ1v) is 10.1. The molecule has 0 saturated carbocycles. The first kappa shape index (κ1) is 19.2. The third kappa shape index (κ3) is 3.73. The highest BCUT2D eigenvalue weighted by molar-refractivity contribution is 5.82. The van der Waals surface area contributed by atoms with Crippen molar-refractivity contribution in [1.82, 2.24) is 14.8 Å². The van der Waals surface area contributed by atoms with Gasteiger partial charge in [-0.05, 0) is 61.5 Å². The van der Waals surface area contributed by atoms with Gasteiger partial charge in [-0.15, -0.1) is 0 Å². The van der Waals surface area contributed by atoms with Crippen molar-refractivity contribution in [2.24, 2.45) is 5.73 Å². The highest BCUT2D eigenvalue weighted by atomic mass is 19.1. The highest BCUT2D eigenvalue weighted by Crippen LogP contribution is 2.29. The largest absolute Gasteiger partial charge is 0.484 e. The molecule has 2 heterocycles. The third-order valence-electron chi connectivity index (χ3n) is 5.29. The fourth-order valence-electron chi connectivity index (χ4n) is 3.74. The minimum absolute atomic E-state index is 0.236. The molecule has 5 rings (SSSR count). The maximum atomic E-state index is 13.2. The van der Waals surface area contributed by atoms with Crippen molar-refractivity contribution in [2.45, 2.75) is 19.1 Å². The second-order valence-electron chi connectivity index (χ2n) is 7.61. The van der Waals surface area contributed by atoms with Crippen LogP contribution in [0.5, 0.6) is 5.75 Å². The molecule has 0 spiro atoms. The molecule has 0 radical (unpaired) electrons. The van der Waals surface area contributed by atoms with Crippen LogP contribution in [0.2, 0.25) is 0 Å². The normalized spacial score (nSPS) is 13.4. The number of aromatic nitrogens is 3. The summed E-state index contributed by atoms with van der Waals surface area (Å²) in [5, 5.41) is 6.41. The molecule has 0 aliphatic heterocycles. The molecule has 154 valence electrons. The summed E-state index contributed by atoms with van der Waals surface area (Å²) in [6, 6.07) is 21.8. The zero-order valence-electron chi connectivity index (χ0n) is 16.9. The van der Waals surface area contributed by atoms with E-state index in [1.54, 1.807) is 23.0 Å². The van der Waals surface area contributed by atoms with Gasteiger partial charge in [-0.1, -0.05) is 18.2 Å². The molecule has 31 heavy (non-hydrogen) atoms. The fraction of sp³-hybridized carbons (Fsp3) is 0.120. The lowest BCUT2D eigenvalue weighted by atomic mass is 10.0. The SMILES string of the molecule is CC(N)C(Oc1ccc2c(cnn2-c2ccc(F)cc2)c1)c1cnc2ccccc2c1. The summed E-state index contributed by atoms with van der Waals surface area (Å²) in [6.07, 6.45) is 3.24. The Labute approximate surface area is 178 Å². The monoisotopic (exact) mass is 412 g/mol. The van der Waals surface area contributed by atoms with E-state index in [1.165, 1.54) is 12.1 Å². The van der Waals surface area contributed by atoms with Crippen LogP contribution in [-0.4, -0.2) is 20.8 Å². The molecule has 0 saturated heterocycles. The highest BCUT2D eigenvalue weighted by Gasteiger charge is 2.20. The first-order chi connectivity index (χ1) is 15.1. The molecule has 0 bridgehead atoms. The van der Waals surface area contributed by atoms with E-state index >= 15 is 0 Å². The Bertz CT molecular complexity index is 1360. The van der Waals surface area contributed by atoms with E-state index in [0.29, 0.717) is 5.75 Å². The number of fused-ring (bicyclic) bond motifs is 2. The molecule has 0 aliphatic carbocycles. The number of benzene rings is 3. The lowest BCUT2D eigenvalue weighted by molar-refractivity contribution is 0.180. The number of halogens is 1. The van der Waals surface area contributed by atoms with E-state index in [4.69, 9.17) is 10.5 Å². The maximum absolute atomic E-state index is 13.2. The van der Waals surface area contributed by atoms with Crippen molar-refractivity contribution in [3.05, 3.63) is 96.6 Å². The van der Waals surface area contributed by atoms with Crippen LogP contribution in [0, 0.1) is 5.82 Å². The first-order valence-electron chi connectivity index (χ1n) is 10.1. The van der Waals surface area contributed by atoms with Crippen molar-refractivity contribution in [3.8, 4) is 11.4 Å². The number of nitrogens with zero attached hydrogens (tertiary/aromatic N) is 3. The lowest BCUT2D eigenvalue weighted by Crippen LogP contribution is -2.29. The van der Waals surface area contributed by atoms with Crippen molar-refractivity contribution in [2.75, 3.05) is 0 Å². The van der Waals surface area contributed by atoms with Gasteiger partial charge in [-0.3, -0.25) is 4.98 Å². The van der Waals surface area contributed by atoms with Crippen LogP contribution in [0.15, 0.2) is 85.2 Å². The Morgan fingerprint density at radius 2 is 1.74 bits per heavy atom. The van der Waals surface area contributed by atoms with Gasteiger partial charge in [0.05, 0.1) is 22.9 Å². The van der Waals surface area contributed by atoms with Crippen LogP contribution in [0.3, 0.4) is 0 Å². The van der Waals surface area contributed by atoms with Gasteiger partial charge in [0.15, 0.2) is 0 Å². The average Bonchev–Trinajstić information content (AvgIpc) is 3.21. The molecule has 6 heteroatoms. The summed E-state index contributed by atoms with van der Waals surface area (Å²) in [5.41, 5.74) is 9.83. The molecule has 0 amide bonds. The van der Waals surface area contributed by atoms with Crippen molar-refractivity contribution >= 4 is 21.8 Å². The van der Waals surface area contributed by atoms with E-state index in [0.717, 1.165) is 33.1 Å². The van der Waals surface area contributed by atoms with Crippen molar-refractivity contribution < 1.29 is 9.13 Å². The zero-order chi connectivity index (χ0) is 21.4.